The van der Waals surface area contributed by atoms with Gasteiger partial charge in [0.25, 0.3) is 0 Å². The van der Waals surface area contributed by atoms with E-state index < -0.39 is 6.67 Å². The minimum absolute atomic E-state index is 0.327. The molecule has 124 valence electrons. The number of rotatable bonds is 7. The molecule has 24 heavy (non-hydrogen) atoms. The van der Waals surface area contributed by atoms with Crippen molar-refractivity contribution in [1.29, 1.82) is 5.26 Å². The van der Waals surface area contributed by atoms with Gasteiger partial charge in [0.2, 0.25) is 0 Å². The number of nitrogens with zero attached hydrogens (tertiary/aromatic N) is 1. The molecule has 1 N–H and O–H groups in total. The van der Waals surface area contributed by atoms with Crippen LogP contribution >= 0.6 is 23.2 Å². The zero-order valence-electron chi connectivity index (χ0n) is 12.7. The van der Waals surface area contributed by atoms with Gasteiger partial charge < -0.3 is 10.1 Å². The van der Waals surface area contributed by atoms with Gasteiger partial charge in [-0.15, -0.1) is 0 Å². The van der Waals surface area contributed by atoms with Gasteiger partial charge >= 0.3 is 0 Å². The third kappa shape index (κ3) is 5.45. The molecule has 0 atom stereocenters. The van der Waals surface area contributed by atoms with E-state index in [2.05, 4.69) is 11.4 Å². The molecule has 0 amide bonds. The fourth-order valence-electron chi connectivity index (χ4n) is 1.95. The van der Waals surface area contributed by atoms with Crippen LogP contribution in [0.3, 0.4) is 0 Å². The van der Waals surface area contributed by atoms with Gasteiger partial charge in [0, 0.05) is 28.4 Å². The Morgan fingerprint density at radius 1 is 1.17 bits per heavy atom. The Hall–Kier alpha value is -2.22. The maximum absolute atomic E-state index is 12.0. The normalized spacial score (nSPS) is 11.0. The smallest absolute Gasteiger partial charge is 0.119 e. The lowest BCUT2D eigenvalue weighted by Gasteiger charge is -2.07. The van der Waals surface area contributed by atoms with E-state index in [1.165, 1.54) is 0 Å². The summed E-state index contributed by atoms with van der Waals surface area (Å²) in [6.45, 7) is -0.0769. The van der Waals surface area contributed by atoms with Crippen molar-refractivity contribution in [1.82, 2.24) is 0 Å². The predicted molar refractivity (Wildman–Crippen MR) is 96.2 cm³/mol. The van der Waals surface area contributed by atoms with E-state index in [9.17, 15) is 9.65 Å². The summed E-state index contributed by atoms with van der Waals surface area (Å²) in [4.78, 5) is 0. The van der Waals surface area contributed by atoms with Crippen LogP contribution in [0.25, 0.3) is 5.57 Å². The van der Waals surface area contributed by atoms with Crippen LogP contribution in [0, 0.1) is 11.3 Å². The van der Waals surface area contributed by atoms with Gasteiger partial charge in [-0.2, -0.15) is 5.26 Å². The van der Waals surface area contributed by atoms with Crippen LogP contribution in [0.15, 0.2) is 48.7 Å². The minimum Gasteiger partial charge on any atom is -0.493 e. The molecule has 0 aliphatic rings. The number of hydrogen-bond acceptors (Lipinski definition) is 3. The Kier molecular flexibility index (Phi) is 6.92. The summed E-state index contributed by atoms with van der Waals surface area (Å²) in [5.74, 6) is 0.638. The van der Waals surface area contributed by atoms with E-state index in [1.54, 1.807) is 48.7 Å². The molecule has 0 spiro atoms. The molecule has 2 rings (SSSR count). The van der Waals surface area contributed by atoms with Crippen molar-refractivity contribution in [2.24, 2.45) is 0 Å². The zero-order valence-corrected chi connectivity index (χ0v) is 14.2. The van der Waals surface area contributed by atoms with Gasteiger partial charge in [-0.3, -0.25) is 4.39 Å². The molecular formula is C18H15Cl2FN2O. The Morgan fingerprint density at radius 2 is 1.83 bits per heavy atom. The summed E-state index contributed by atoms with van der Waals surface area (Å²) < 4.78 is 17.4. The highest BCUT2D eigenvalue weighted by Gasteiger charge is 2.03. The SMILES string of the molecule is N#CC(=CNc1cc(Cl)cc(Cl)c1)c1ccc(OCCCF)cc1. The second kappa shape index (κ2) is 9.17. The largest absolute Gasteiger partial charge is 0.493 e. The summed E-state index contributed by atoms with van der Waals surface area (Å²) in [6, 6.07) is 14.2. The first-order chi connectivity index (χ1) is 11.6. The first-order valence-corrected chi connectivity index (χ1v) is 8.00. The number of nitriles is 1. The minimum atomic E-state index is -0.404. The van der Waals surface area contributed by atoms with Crippen molar-refractivity contribution < 1.29 is 9.13 Å². The van der Waals surface area contributed by atoms with Crippen molar-refractivity contribution in [2.75, 3.05) is 18.6 Å². The van der Waals surface area contributed by atoms with Gasteiger partial charge in [0.05, 0.1) is 18.9 Å². The van der Waals surface area contributed by atoms with Gasteiger partial charge in [-0.05, 0) is 48.0 Å². The maximum atomic E-state index is 12.0. The summed E-state index contributed by atoms with van der Waals surface area (Å²) in [5, 5.41) is 13.3. The maximum Gasteiger partial charge on any atom is 0.119 e. The van der Waals surface area contributed by atoms with Crippen LogP contribution in [-0.4, -0.2) is 13.3 Å². The lowest BCUT2D eigenvalue weighted by Crippen LogP contribution is -1.98. The molecule has 0 saturated heterocycles. The van der Waals surface area contributed by atoms with Crippen molar-refractivity contribution in [3.05, 3.63) is 64.3 Å². The monoisotopic (exact) mass is 364 g/mol. The van der Waals surface area contributed by atoms with Crippen LogP contribution in [0.5, 0.6) is 5.75 Å². The number of halogens is 3. The van der Waals surface area contributed by atoms with Crippen LogP contribution in [0.2, 0.25) is 10.0 Å². The lowest BCUT2D eigenvalue weighted by atomic mass is 10.1. The molecule has 0 bridgehead atoms. The predicted octanol–water partition coefficient (Wildman–Crippen LogP) is 5.71. The van der Waals surface area contributed by atoms with E-state index in [0.717, 1.165) is 5.56 Å². The van der Waals surface area contributed by atoms with Crippen LogP contribution < -0.4 is 10.1 Å². The molecule has 2 aromatic carbocycles. The molecule has 0 aliphatic heterocycles. The van der Waals surface area contributed by atoms with Crippen LogP contribution in [-0.2, 0) is 0 Å². The zero-order chi connectivity index (χ0) is 17.4. The quantitative estimate of drug-likeness (QED) is 0.505. The molecule has 2 aromatic rings. The average Bonchev–Trinajstić information content (AvgIpc) is 2.56. The third-order valence-corrected chi connectivity index (χ3v) is 3.51. The molecule has 0 unspecified atom stereocenters. The average molecular weight is 365 g/mol. The Morgan fingerprint density at radius 3 is 2.42 bits per heavy atom. The molecular weight excluding hydrogens is 350 g/mol. The molecule has 6 heteroatoms. The Bertz CT molecular complexity index is 734. The number of anilines is 1. The number of nitrogens with one attached hydrogen (secondary N) is 1. The van der Waals surface area contributed by atoms with Gasteiger partial charge in [0.1, 0.15) is 11.8 Å². The summed E-state index contributed by atoms with van der Waals surface area (Å²) in [6.07, 6.45) is 1.94. The number of benzene rings is 2. The first kappa shape index (κ1) is 18.1. The fraction of sp³-hybridized carbons (Fsp3) is 0.167. The third-order valence-electron chi connectivity index (χ3n) is 3.08. The van der Waals surface area contributed by atoms with E-state index in [-0.39, 0.29) is 0 Å². The van der Waals surface area contributed by atoms with Crippen molar-refractivity contribution in [3.63, 3.8) is 0 Å². The molecule has 3 nitrogen and oxygen atoms in total. The summed E-state index contributed by atoms with van der Waals surface area (Å²) in [5.41, 5.74) is 1.86. The topological polar surface area (TPSA) is 45.0 Å². The second-order valence-corrected chi connectivity index (χ2v) is 5.76. The molecule has 0 aromatic heterocycles. The molecule has 0 saturated carbocycles. The highest BCUT2D eigenvalue weighted by atomic mass is 35.5. The van der Waals surface area contributed by atoms with Gasteiger partial charge in [0.15, 0.2) is 0 Å². The standard InChI is InChI=1S/C18H15Cl2FN2O/c19-15-8-16(20)10-17(9-15)23-12-14(11-22)13-2-4-18(5-3-13)24-7-1-6-21/h2-5,8-10,12,23H,1,6-7H2. The van der Waals surface area contributed by atoms with Gasteiger partial charge in [-0.1, -0.05) is 23.2 Å². The first-order valence-electron chi connectivity index (χ1n) is 7.24. The Labute approximate surface area is 150 Å². The van der Waals surface area contributed by atoms with Crippen molar-refractivity contribution in [3.8, 4) is 11.8 Å². The van der Waals surface area contributed by atoms with Crippen molar-refractivity contribution in [2.45, 2.75) is 6.42 Å². The molecule has 0 aliphatic carbocycles. The van der Waals surface area contributed by atoms with Crippen LogP contribution in [0.1, 0.15) is 12.0 Å². The lowest BCUT2D eigenvalue weighted by molar-refractivity contribution is 0.289. The number of ether oxygens (including phenoxy) is 1. The second-order valence-electron chi connectivity index (χ2n) is 4.89. The summed E-state index contributed by atoms with van der Waals surface area (Å²) >= 11 is 11.9. The van der Waals surface area contributed by atoms with Gasteiger partial charge in [-0.25, -0.2) is 0 Å². The molecule has 0 fully saturated rings. The highest BCUT2D eigenvalue weighted by molar-refractivity contribution is 6.35. The van der Waals surface area contributed by atoms with Crippen LogP contribution in [0.4, 0.5) is 10.1 Å². The van der Waals surface area contributed by atoms with E-state index in [0.29, 0.717) is 40.1 Å². The van der Waals surface area contributed by atoms with Crippen molar-refractivity contribution >= 4 is 34.5 Å². The Balaban J connectivity index is 2.08. The van der Waals surface area contributed by atoms with E-state index in [4.69, 9.17) is 27.9 Å². The number of hydrogen-bond donors (Lipinski definition) is 1. The van der Waals surface area contributed by atoms with E-state index >= 15 is 0 Å². The fourth-order valence-corrected chi connectivity index (χ4v) is 2.47. The summed E-state index contributed by atoms with van der Waals surface area (Å²) in [7, 11) is 0. The van der Waals surface area contributed by atoms with E-state index in [1.807, 2.05) is 0 Å². The highest BCUT2D eigenvalue weighted by Crippen LogP contribution is 2.24. The number of allylic oxidation sites excluding steroid dienone is 1. The molecule has 0 radical (unpaired) electrons. The number of alkyl halides is 1. The molecule has 0 heterocycles.